The molecule has 0 fully saturated rings. The fourth-order valence-corrected chi connectivity index (χ4v) is 3.48. The Balaban J connectivity index is 2.16. The van der Waals surface area contributed by atoms with Gasteiger partial charge in [-0.15, -0.1) is 0 Å². The van der Waals surface area contributed by atoms with Gasteiger partial charge in [-0.1, -0.05) is 29.8 Å². The summed E-state index contributed by atoms with van der Waals surface area (Å²) in [5, 5.41) is 4.91. The van der Waals surface area contributed by atoms with E-state index in [0.29, 0.717) is 33.8 Å². The van der Waals surface area contributed by atoms with E-state index in [1.807, 2.05) is 26.0 Å². The molecule has 0 aliphatic heterocycles. The summed E-state index contributed by atoms with van der Waals surface area (Å²) >= 11 is 3.41. The monoisotopic (exact) mass is 501 g/mol. The van der Waals surface area contributed by atoms with Crippen molar-refractivity contribution in [1.29, 1.82) is 0 Å². The summed E-state index contributed by atoms with van der Waals surface area (Å²) in [5.74, 6) is 0.866. The van der Waals surface area contributed by atoms with Crippen molar-refractivity contribution in [3.8, 4) is 17.2 Å². The number of aromatic nitrogens is 2. The van der Waals surface area contributed by atoms with Crippen LogP contribution >= 0.6 is 15.9 Å². The number of esters is 1. The molecule has 32 heavy (non-hydrogen) atoms. The molecule has 0 N–H and O–H groups in total. The first-order chi connectivity index (χ1) is 15.3. The number of methoxy groups -OCH3 is 2. The van der Waals surface area contributed by atoms with Crippen LogP contribution in [0.25, 0.3) is 10.9 Å². The van der Waals surface area contributed by atoms with Gasteiger partial charge in [-0.25, -0.2) is 4.98 Å². The largest absolute Gasteiger partial charge is 0.493 e. The van der Waals surface area contributed by atoms with Gasteiger partial charge in [-0.05, 0) is 36.8 Å². The van der Waals surface area contributed by atoms with E-state index >= 15 is 0 Å². The van der Waals surface area contributed by atoms with Crippen molar-refractivity contribution in [1.82, 2.24) is 9.66 Å². The van der Waals surface area contributed by atoms with Crippen molar-refractivity contribution in [3.63, 3.8) is 0 Å². The Morgan fingerprint density at radius 2 is 1.88 bits per heavy atom. The maximum atomic E-state index is 13.2. The van der Waals surface area contributed by atoms with E-state index in [9.17, 15) is 9.59 Å². The lowest BCUT2D eigenvalue weighted by molar-refractivity contribution is -0.132. The van der Waals surface area contributed by atoms with E-state index in [1.54, 1.807) is 18.2 Å². The fraction of sp³-hybridized carbons (Fsp3) is 0.304. The highest BCUT2D eigenvalue weighted by atomic mass is 79.9. The Labute approximate surface area is 194 Å². The summed E-state index contributed by atoms with van der Waals surface area (Å²) in [6.45, 7) is 5.32. The lowest BCUT2D eigenvalue weighted by Crippen LogP contribution is -2.23. The molecule has 1 aromatic heterocycles. The Kier molecular flexibility index (Phi) is 7.29. The first-order valence-electron chi connectivity index (χ1n) is 10.00. The third-order valence-corrected chi connectivity index (χ3v) is 5.43. The molecule has 3 rings (SSSR count). The van der Waals surface area contributed by atoms with Crippen molar-refractivity contribution in [2.75, 3.05) is 14.2 Å². The molecule has 1 heterocycles. The van der Waals surface area contributed by atoms with Crippen LogP contribution in [0.1, 0.15) is 44.5 Å². The van der Waals surface area contributed by atoms with Crippen LogP contribution < -0.4 is 19.8 Å². The number of fused-ring (bicyclic) bond motifs is 1. The van der Waals surface area contributed by atoms with Crippen LogP contribution in [0.3, 0.4) is 0 Å². The smallest absolute Gasteiger partial charge is 0.308 e. The van der Waals surface area contributed by atoms with Gasteiger partial charge >= 0.3 is 5.97 Å². The van der Waals surface area contributed by atoms with Crippen molar-refractivity contribution < 1.29 is 19.0 Å². The number of carbonyl (C=O) groups excluding carboxylic acids is 1. The van der Waals surface area contributed by atoms with Crippen LogP contribution in [-0.4, -0.2) is 36.1 Å². The summed E-state index contributed by atoms with van der Waals surface area (Å²) in [5.41, 5.74) is 0.943. The Hall–Kier alpha value is -3.20. The third-order valence-electron chi connectivity index (χ3n) is 4.94. The number of benzene rings is 2. The molecule has 9 heteroatoms. The van der Waals surface area contributed by atoms with E-state index in [1.165, 1.54) is 32.0 Å². The van der Waals surface area contributed by atoms with Gasteiger partial charge in [0.25, 0.3) is 5.56 Å². The summed E-state index contributed by atoms with van der Waals surface area (Å²) in [4.78, 5) is 29.4. The Morgan fingerprint density at radius 1 is 1.22 bits per heavy atom. The molecule has 0 unspecified atom stereocenters. The third kappa shape index (κ3) is 4.83. The maximum absolute atomic E-state index is 13.2. The highest BCUT2D eigenvalue weighted by molar-refractivity contribution is 9.10. The zero-order valence-corrected chi connectivity index (χ0v) is 20.1. The molecule has 0 saturated carbocycles. The average Bonchev–Trinajstić information content (AvgIpc) is 2.78. The van der Waals surface area contributed by atoms with Crippen molar-refractivity contribution in [3.05, 3.63) is 56.5 Å². The van der Waals surface area contributed by atoms with Crippen molar-refractivity contribution >= 4 is 39.0 Å². The Bertz CT molecular complexity index is 1230. The molecule has 168 valence electrons. The minimum absolute atomic E-state index is 0.0170. The second-order valence-electron chi connectivity index (χ2n) is 7.15. The fourth-order valence-electron chi connectivity index (χ4n) is 3.12. The topological polar surface area (TPSA) is 92.0 Å². The maximum Gasteiger partial charge on any atom is 0.308 e. The van der Waals surface area contributed by atoms with Crippen LogP contribution in [0, 0.1) is 0 Å². The predicted octanol–water partition coefficient (Wildman–Crippen LogP) is 4.50. The van der Waals surface area contributed by atoms with E-state index in [-0.39, 0.29) is 17.2 Å². The second-order valence-corrected chi connectivity index (χ2v) is 8.07. The predicted molar refractivity (Wildman–Crippen MR) is 126 cm³/mol. The van der Waals surface area contributed by atoms with E-state index in [4.69, 9.17) is 19.2 Å². The van der Waals surface area contributed by atoms with Crippen LogP contribution in [0.5, 0.6) is 17.2 Å². The number of hydrogen-bond acceptors (Lipinski definition) is 7. The number of hydrogen-bond donors (Lipinski definition) is 0. The minimum atomic E-state index is -0.499. The first kappa shape index (κ1) is 23.5. The zero-order chi connectivity index (χ0) is 23.4. The molecule has 2 aromatic carbocycles. The second kappa shape index (κ2) is 9.95. The van der Waals surface area contributed by atoms with Crippen LogP contribution in [-0.2, 0) is 4.79 Å². The molecule has 8 nitrogen and oxygen atoms in total. The molecular formula is C23H24BrN3O5. The number of carbonyl (C=O) groups is 1. The molecule has 3 aromatic rings. The lowest BCUT2D eigenvalue weighted by Gasteiger charge is -2.15. The quantitative estimate of drug-likeness (QED) is 0.269. The standard InChI is InChI=1S/C23H24BrN3O5/c1-6-13(2)22-26-18-8-7-16(24)11-17(18)23(29)27(22)25-12-15-9-19(30-4)21(32-14(3)28)20(10-15)31-5/h7-13H,6H2,1-5H3/t13-/m0/s1. The zero-order valence-electron chi connectivity index (χ0n) is 18.5. The lowest BCUT2D eigenvalue weighted by atomic mass is 10.1. The van der Waals surface area contributed by atoms with Gasteiger partial charge in [-0.3, -0.25) is 9.59 Å². The van der Waals surface area contributed by atoms with Crippen LogP contribution in [0.15, 0.2) is 44.7 Å². The Morgan fingerprint density at radius 3 is 2.44 bits per heavy atom. The molecular weight excluding hydrogens is 478 g/mol. The number of ether oxygens (including phenoxy) is 3. The molecule has 1 atom stereocenters. The molecule has 0 saturated heterocycles. The average molecular weight is 502 g/mol. The van der Waals surface area contributed by atoms with Crippen molar-refractivity contribution in [2.45, 2.75) is 33.1 Å². The van der Waals surface area contributed by atoms with Crippen molar-refractivity contribution in [2.24, 2.45) is 5.10 Å². The van der Waals surface area contributed by atoms with E-state index in [2.05, 4.69) is 21.0 Å². The molecule has 0 spiro atoms. The summed E-state index contributed by atoms with van der Waals surface area (Å²) < 4.78 is 18.0. The molecule has 0 radical (unpaired) electrons. The number of nitrogens with zero attached hydrogens (tertiary/aromatic N) is 3. The molecule has 0 amide bonds. The number of rotatable bonds is 7. The van der Waals surface area contributed by atoms with Crippen LogP contribution in [0.4, 0.5) is 0 Å². The van der Waals surface area contributed by atoms with Gasteiger partial charge in [0.1, 0.15) is 5.82 Å². The summed E-state index contributed by atoms with van der Waals surface area (Å²) in [6, 6.07) is 8.68. The number of halogens is 1. The highest BCUT2D eigenvalue weighted by Crippen LogP contribution is 2.38. The normalized spacial score (nSPS) is 12.2. The summed E-state index contributed by atoms with van der Waals surface area (Å²) in [7, 11) is 2.92. The van der Waals surface area contributed by atoms with Gasteiger partial charge in [0.05, 0.1) is 31.3 Å². The van der Waals surface area contributed by atoms with Gasteiger partial charge in [0.2, 0.25) is 5.75 Å². The van der Waals surface area contributed by atoms with Gasteiger partial charge in [-0.2, -0.15) is 9.78 Å². The molecule has 0 aliphatic rings. The van der Waals surface area contributed by atoms with E-state index < -0.39 is 5.97 Å². The van der Waals surface area contributed by atoms with Gasteiger partial charge in [0, 0.05) is 22.9 Å². The van der Waals surface area contributed by atoms with Gasteiger partial charge < -0.3 is 14.2 Å². The molecule has 0 aliphatic carbocycles. The van der Waals surface area contributed by atoms with Gasteiger partial charge in [0.15, 0.2) is 11.5 Å². The highest BCUT2D eigenvalue weighted by Gasteiger charge is 2.17. The summed E-state index contributed by atoms with van der Waals surface area (Å²) in [6.07, 6.45) is 2.31. The van der Waals surface area contributed by atoms with E-state index in [0.717, 1.165) is 10.9 Å². The first-order valence-corrected chi connectivity index (χ1v) is 10.8. The van der Waals surface area contributed by atoms with Crippen LogP contribution in [0.2, 0.25) is 0 Å². The minimum Gasteiger partial charge on any atom is -0.493 e. The molecule has 0 bridgehead atoms. The SMILES string of the molecule is CC[C@H](C)c1nc2ccc(Br)cc2c(=O)n1N=Cc1cc(OC)c(OC(C)=O)c(OC)c1.